The zero-order chi connectivity index (χ0) is 24.7. The van der Waals surface area contributed by atoms with Crippen molar-refractivity contribution in [2.75, 3.05) is 19.1 Å². The third-order valence-electron chi connectivity index (χ3n) is 6.11. The van der Waals surface area contributed by atoms with E-state index in [2.05, 4.69) is 4.98 Å². The summed E-state index contributed by atoms with van der Waals surface area (Å²) in [6.45, 7) is 0. The van der Waals surface area contributed by atoms with Gasteiger partial charge < -0.3 is 19.6 Å². The fourth-order valence-electron chi connectivity index (χ4n) is 4.56. The Morgan fingerprint density at radius 2 is 1.66 bits per heavy atom. The summed E-state index contributed by atoms with van der Waals surface area (Å²) in [5.41, 5.74) is 1.52. The number of aliphatic hydroxyl groups excluding tert-OH is 1. The van der Waals surface area contributed by atoms with Gasteiger partial charge in [0.1, 0.15) is 28.6 Å². The summed E-state index contributed by atoms with van der Waals surface area (Å²) in [5, 5.41) is 12.3. The van der Waals surface area contributed by atoms with E-state index in [-0.39, 0.29) is 28.3 Å². The molecular formula is C27H21FN2O5. The fourth-order valence-corrected chi connectivity index (χ4v) is 4.56. The number of hydrogen-bond acceptors (Lipinski definition) is 5. The first-order chi connectivity index (χ1) is 17.0. The van der Waals surface area contributed by atoms with Crippen LogP contribution in [0.5, 0.6) is 11.5 Å². The van der Waals surface area contributed by atoms with E-state index in [9.17, 15) is 19.1 Å². The number of aliphatic hydroxyl groups is 1. The molecule has 1 fully saturated rings. The third-order valence-corrected chi connectivity index (χ3v) is 6.11. The maximum absolute atomic E-state index is 14.2. The summed E-state index contributed by atoms with van der Waals surface area (Å²) < 4.78 is 25.0. The molecule has 2 heterocycles. The lowest BCUT2D eigenvalue weighted by Crippen LogP contribution is -2.29. The Kier molecular flexibility index (Phi) is 5.49. The second-order valence-corrected chi connectivity index (χ2v) is 7.98. The van der Waals surface area contributed by atoms with Crippen molar-refractivity contribution in [3.63, 3.8) is 0 Å². The first kappa shape index (κ1) is 22.2. The largest absolute Gasteiger partial charge is 0.506 e. The number of nitrogens with one attached hydrogen (secondary N) is 1. The number of aromatic amines is 1. The van der Waals surface area contributed by atoms with Gasteiger partial charge >= 0.3 is 0 Å². The second-order valence-electron chi connectivity index (χ2n) is 7.98. The number of anilines is 1. The van der Waals surface area contributed by atoms with Crippen LogP contribution in [0.1, 0.15) is 17.2 Å². The molecule has 7 nitrogen and oxygen atoms in total. The molecule has 3 aromatic carbocycles. The highest BCUT2D eigenvalue weighted by Crippen LogP contribution is 2.46. The summed E-state index contributed by atoms with van der Waals surface area (Å²) in [6.07, 6.45) is 1.68. The Hall–Kier alpha value is -4.59. The Bertz CT molecular complexity index is 1480. The van der Waals surface area contributed by atoms with Gasteiger partial charge in [0.2, 0.25) is 0 Å². The summed E-state index contributed by atoms with van der Waals surface area (Å²) in [6, 6.07) is 16.7. The second kappa shape index (κ2) is 8.64. The number of hydrogen-bond donors (Lipinski definition) is 2. The lowest BCUT2D eigenvalue weighted by molar-refractivity contribution is -0.132. The van der Waals surface area contributed by atoms with Gasteiger partial charge in [0.15, 0.2) is 0 Å². The number of fused-ring (bicyclic) bond motifs is 1. The number of nitrogens with zero attached hydrogens (tertiary/aromatic N) is 1. The first-order valence-corrected chi connectivity index (χ1v) is 10.8. The number of benzene rings is 3. The normalized spacial score (nSPS) is 17.2. The van der Waals surface area contributed by atoms with Gasteiger partial charge in [-0.05, 0) is 36.4 Å². The average Bonchev–Trinajstić information content (AvgIpc) is 3.41. The predicted octanol–water partition coefficient (Wildman–Crippen LogP) is 4.95. The minimum atomic E-state index is -1.04. The Morgan fingerprint density at radius 1 is 0.971 bits per heavy atom. The molecule has 0 radical (unpaired) electrons. The molecule has 0 aliphatic carbocycles. The van der Waals surface area contributed by atoms with E-state index in [1.165, 1.54) is 37.3 Å². The van der Waals surface area contributed by atoms with Gasteiger partial charge in [0.05, 0.1) is 25.8 Å². The van der Waals surface area contributed by atoms with Gasteiger partial charge in [-0.3, -0.25) is 14.5 Å². The van der Waals surface area contributed by atoms with E-state index in [0.717, 1.165) is 10.9 Å². The van der Waals surface area contributed by atoms with Crippen molar-refractivity contribution in [2.45, 2.75) is 6.04 Å². The van der Waals surface area contributed by atoms with Crippen LogP contribution in [0, 0.1) is 5.82 Å². The zero-order valence-corrected chi connectivity index (χ0v) is 18.9. The number of ether oxygens (including phenoxy) is 2. The summed E-state index contributed by atoms with van der Waals surface area (Å²) >= 11 is 0. The number of rotatable bonds is 5. The number of aromatic nitrogens is 1. The average molecular weight is 472 g/mol. The minimum absolute atomic E-state index is 0.139. The van der Waals surface area contributed by atoms with Crippen LogP contribution in [0.2, 0.25) is 0 Å². The van der Waals surface area contributed by atoms with Crippen LogP contribution in [-0.4, -0.2) is 36.0 Å². The monoisotopic (exact) mass is 472 g/mol. The summed E-state index contributed by atoms with van der Waals surface area (Å²) in [4.78, 5) is 31.1. The molecule has 5 rings (SSSR count). The van der Waals surface area contributed by atoms with Gasteiger partial charge in [-0.2, -0.15) is 0 Å². The number of H-pyrrole nitrogens is 1. The molecule has 1 unspecified atom stereocenters. The maximum atomic E-state index is 14.2. The Morgan fingerprint density at radius 3 is 2.34 bits per heavy atom. The number of ketones is 1. The maximum Gasteiger partial charge on any atom is 0.300 e. The van der Waals surface area contributed by atoms with Crippen LogP contribution >= 0.6 is 0 Å². The van der Waals surface area contributed by atoms with Crippen molar-refractivity contribution in [1.29, 1.82) is 0 Å². The molecule has 1 aromatic heterocycles. The molecule has 1 amide bonds. The summed E-state index contributed by atoms with van der Waals surface area (Å²) in [5.74, 6) is -2.29. The number of Topliss-reactive ketones (excluding diaryl/α,β-unsaturated/α-hetero) is 1. The highest BCUT2D eigenvalue weighted by molar-refractivity contribution is 6.52. The molecular weight excluding hydrogens is 451 g/mol. The minimum Gasteiger partial charge on any atom is -0.506 e. The van der Waals surface area contributed by atoms with Crippen LogP contribution in [0.15, 0.2) is 78.5 Å². The van der Waals surface area contributed by atoms with Crippen LogP contribution in [0.25, 0.3) is 16.7 Å². The van der Waals surface area contributed by atoms with Crippen LogP contribution in [0.3, 0.4) is 0 Å². The Balaban J connectivity index is 1.83. The lowest BCUT2D eigenvalue weighted by atomic mass is 9.94. The van der Waals surface area contributed by atoms with Gasteiger partial charge in [-0.15, -0.1) is 0 Å². The van der Waals surface area contributed by atoms with Crippen molar-refractivity contribution in [2.24, 2.45) is 0 Å². The molecule has 4 aromatic rings. The molecule has 0 saturated carbocycles. The van der Waals surface area contributed by atoms with Crippen molar-refractivity contribution < 1.29 is 28.6 Å². The quantitative estimate of drug-likeness (QED) is 0.244. The fraction of sp³-hybridized carbons (Fsp3) is 0.111. The SMILES string of the molecule is COc1cccc(OC)c1/C(O)=C1\C(=O)C(=O)N(c2cccc(F)c2)C1c1c[nH]c2ccccc12. The zero-order valence-electron chi connectivity index (χ0n) is 18.9. The van der Waals surface area contributed by atoms with E-state index in [1.54, 1.807) is 30.5 Å². The van der Waals surface area contributed by atoms with E-state index >= 15 is 0 Å². The van der Waals surface area contributed by atoms with Gasteiger partial charge in [0, 0.05) is 28.4 Å². The molecule has 1 atom stereocenters. The molecule has 176 valence electrons. The van der Waals surface area contributed by atoms with E-state index in [0.29, 0.717) is 5.56 Å². The van der Waals surface area contributed by atoms with Crippen molar-refractivity contribution in [3.05, 3.63) is 95.4 Å². The number of carbonyl (C=O) groups is 2. The Labute approximate surface area is 200 Å². The number of halogens is 1. The third kappa shape index (κ3) is 3.50. The first-order valence-electron chi connectivity index (χ1n) is 10.8. The van der Waals surface area contributed by atoms with Crippen LogP contribution in [-0.2, 0) is 9.59 Å². The van der Waals surface area contributed by atoms with Gasteiger partial charge in [-0.1, -0.05) is 30.3 Å². The van der Waals surface area contributed by atoms with Gasteiger partial charge in [0.25, 0.3) is 11.7 Å². The number of carbonyl (C=O) groups excluding carboxylic acids is 2. The molecule has 8 heteroatoms. The number of methoxy groups -OCH3 is 2. The van der Waals surface area contributed by atoms with Crippen LogP contribution in [0.4, 0.5) is 10.1 Å². The predicted molar refractivity (Wildman–Crippen MR) is 129 cm³/mol. The molecule has 35 heavy (non-hydrogen) atoms. The highest BCUT2D eigenvalue weighted by atomic mass is 19.1. The van der Waals surface area contributed by atoms with Crippen molar-refractivity contribution >= 4 is 34.0 Å². The smallest absolute Gasteiger partial charge is 0.300 e. The van der Waals surface area contributed by atoms with E-state index in [1.807, 2.05) is 24.3 Å². The van der Waals surface area contributed by atoms with Crippen molar-refractivity contribution in [3.8, 4) is 11.5 Å². The van der Waals surface area contributed by atoms with E-state index in [4.69, 9.17) is 9.47 Å². The van der Waals surface area contributed by atoms with E-state index < -0.39 is 29.3 Å². The lowest BCUT2D eigenvalue weighted by Gasteiger charge is -2.25. The molecule has 1 aliphatic heterocycles. The van der Waals surface area contributed by atoms with Gasteiger partial charge in [-0.25, -0.2) is 4.39 Å². The highest BCUT2D eigenvalue weighted by Gasteiger charge is 2.48. The topological polar surface area (TPSA) is 91.9 Å². The number of para-hydroxylation sites is 1. The molecule has 1 saturated heterocycles. The van der Waals surface area contributed by atoms with Crippen molar-refractivity contribution in [1.82, 2.24) is 4.98 Å². The standard InChI is InChI=1S/C27H21FN2O5/c1-34-20-11-6-12-21(35-2)22(20)25(31)23-24(18-14-29-19-10-4-3-9-17(18)19)30(27(33)26(23)32)16-8-5-7-15(28)13-16/h3-14,24,29,31H,1-2H3/b25-23+. The molecule has 0 bridgehead atoms. The molecule has 2 N–H and O–H groups in total. The summed E-state index contributed by atoms with van der Waals surface area (Å²) in [7, 11) is 2.85. The molecule has 1 aliphatic rings. The number of amides is 1. The van der Waals surface area contributed by atoms with Crippen LogP contribution < -0.4 is 14.4 Å². The molecule has 0 spiro atoms.